The van der Waals surface area contributed by atoms with Crippen LogP contribution in [0, 0.1) is 13.8 Å². The zero-order valence-corrected chi connectivity index (χ0v) is 15.2. The lowest BCUT2D eigenvalue weighted by Crippen LogP contribution is -2.33. The summed E-state index contributed by atoms with van der Waals surface area (Å²) in [6.07, 6.45) is 0.409. The van der Waals surface area contributed by atoms with Crippen molar-refractivity contribution < 1.29 is 8.96 Å². The minimum absolute atomic E-state index is 0.409. The highest BCUT2D eigenvalue weighted by Crippen LogP contribution is 2.29. The van der Waals surface area contributed by atoms with Crippen molar-refractivity contribution in [1.29, 1.82) is 0 Å². The number of hydrogen-bond donors (Lipinski definition) is 0. The Kier molecular flexibility index (Phi) is 4.16. The lowest BCUT2D eigenvalue weighted by Gasteiger charge is -2.16. The first-order valence-electron chi connectivity index (χ1n) is 8.43. The van der Waals surface area contributed by atoms with Gasteiger partial charge in [-0.15, -0.1) is 0 Å². The number of aryl methyl sites for hydroxylation is 3. The fraction of sp³-hybridized carbons (Fsp3) is 0.318. The van der Waals surface area contributed by atoms with E-state index >= 15 is 0 Å². The Labute approximate surface area is 143 Å². The maximum atomic E-state index is 14.4. The molecule has 124 valence electrons. The third-order valence-electron chi connectivity index (χ3n) is 4.56. The number of halogens is 1. The minimum atomic E-state index is -1.23. The van der Waals surface area contributed by atoms with Crippen LogP contribution in [0.4, 0.5) is 4.39 Å². The van der Waals surface area contributed by atoms with Gasteiger partial charge in [-0.3, -0.25) is 0 Å². The van der Waals surface area contributed by atoms with Crippen LogP contribution >= 0.6 is 0 Å². The topological polar surface area (TPSA) is 3.88 Å². The zero-order chi connectivity index (χ0) is 17.5. The maximum absolute atomic E-state index is 14.4. The van der Waals surface area contributed by atoms with E-state index in [2.05, 4.69) is 61.9 Å². The highest BCUT2D eigenvalue weighted by Gasteiger charge is 2.24. The summed E-state index contributed by atoms with van der Waals surface area (Å²) in [4.78, 5) is 0. The average Bonchev–Trinajstić information content (AvgIpc) is 2.51. The number of aromatic nitrogens is 1. The van der Waals surface area contributed by atoms with Crippen LogP contribution in [0.1, 0.15) is 30.5 Å². The Morgan fingerprint density at radius 1 is 1.00 bits per heavy atom. The van der Waals surface area contributed by atoms with E-state index in [4.69, 9.17) is 0 Å². The predicted molar refractivity (Wildman–Crippen MR) is 98.9 cm³/mol. The minimum Gasteiger partial charge on any atom is -0.244 e. The van der Waals surface area contributed by atoms with Crippen LogP contribution in [0.5, 0.6) is 0 Å². The number of benzene rings is 2. The average molecular weight is 322 g/mol. The highest BCUT2D eigenvalue weighted by molar-refractivity contribution is 5.82. The van der Waals surface area contributed by atoms with E-state index in [1.165, 1.54) is 16.7 Å². The normalized spacial score (nSPS) is 11.9. The van der Waals surface area contributed by atoms with Crippen molar-refractivity contribution in [2.24, 2.45) is 7.05 Å². The molecule has 0 unspecified atom stereocenters. The first-order chi connectivity index (χ1) is 11.3. The van der Waals surface area contributed by atoms with Gasteiger partial charge in [0.15, 0.2) is 0 Å². The van der Waals surface area contributed by atoms with Crippen molar-refractivity contribution >= 4 is 10.9 Å². The van der Waals surface area contributed by atoms with E-state index in [1.807, 2.05) is 12.1 Å². The third-order valence-corrected chi connectivity index (χ3v) is 4.56. The molecule has 2 heteroatoms. The molecule has 0 N–H and O–H groups in total. The van der Waals surface area contributed by atoms with Gasteiger partial charge in [-0.1, -0.05) is 29.8 Å². The summed E-state index contributed by atoms with van der Waals surface area (Å²) < 4.78 is 16.6. The Bertz CT molecular complexity index is 904. The summed E-state index contributed by atoms with van der Waals surface area (Å²) in [5.74, 6) is 0. The van der Waals surface area contributed by atoms with Crippen molar-refractivity contribution in [3.8, 4) is 11.3 Å². The number of fused-ring (bicyclic) bond motifs is 1. The Balaban J connectivity index is 2.33. The Morgan fingerprint density at radius 2 is 1.71 bits per heavy atom. The first kappa shape index (κ1) is 16.6. The molecule has 0 atom stereocenters. The molecule has 1 heterocycles. The first-order valence-corrected chi connectivity index (χ1v) is 8.43. The zero-order valence-electron chi connectivity index (χ0n) is 15.2. The summed E-state index contributed by atoms with van der Waals surface area (Å²) >= 11 is 0. The van der Waals surface area contributed by atoms with Gasteiger partial charge < -0.3 is 0 Å². The molecule has 0 amide bonds. The van der Waals surface area contributed by atoms with Gasteiger partial charge in [0, 0.05) is 29.5 Å². The quantitative estimate of drug-likeness (QED) is 0.581. The molecule has 2 aromatic carbocycles. The largest absolute Gasteiger partial charge is 0.244 e. The van der Waals surface area contributed by atoms with Crippen LogP contribution in [0.3, 0.4) is 0 Å². The van der Waals surface area contributed by atoms with Crippen molar-refractivity contribution in [1.82, 2.24) is 0 Å². The molecule has 0 bridgehead atoms. The van der Waals surface area contributed by atoms with Gasteiger partial charge in [-0.25, -0.2) is 4.39 Å². The molecule has 0 aliphatic heterocycles. The third kappa shape index (κ3) is 3.19. The molecular formula is C22H25FN+. The SMILES string of the molecule is Cc1ccc(C)c(-c2cc(CC(C)(C)F)c3ccccc3[n+]2C)c1. The molecule has 0 saturated heterocycles. The van der Waals surface area contributed by atoms with E-state index in [1.54, 1.807) is 13.8 Å². The van der Waals surface area contributed by atoms with Gasteiger partial charge >= 0.3 is 0 Å². The van der Waals surface area contributed by atoms with E-state index in [0.29, 0.717) is 6.42 Å². The molecule has 0 aliphatic rings. The fourth-order valence-electron chi connectivity index (χ4n) is 3.38. The summed E-state index contributed by atoms with van der Waals surface area (Å²) in [6.45, 7) is 7.52. The standard InChI is InChI=1S/C22H25FN/c1-15-10-11-16(2)19(12-15)21-13-17(14-22(3,4)23)18-8-6-7-9-20(18)24(21)5/h6-13H,14H2,1-5H3/q+1. The van der Waals surface area contributed by atoms with Crippen LogP contribution in [0.2, 0.25) is 0 Å². The summed E-state index contributed by atoms with van der Waals surface area (Å²) in [5.41, 5.74) is 5.77. The highest BCUT2D eigenvalue weighted by atomic mass is 19.1. The Morgan fingerprint density at radius 3 is 2.42 bits per heavy atom. The second-order valence-corrected chi connectivity index (χ2v) is 7.34. The van der Waals surface area contributed by atoms with Crippen LogP contribution in [-0.4, -0.2) is 5.67 Å². The van der Waals surface area contributed by atoms with Crippen LogP contribution < -0.4 is 4.57 Å². The van der Waals surface area contributed by atoms with E-state index in [0.717, 1.165) is 22.2 Å². The monoisotopic (exact) mass is 322 g/mol. The van der Waals surface area contributed by atoms with Gasteiger partial charge in [0.1, 0.15) is 12.7 Å². The van der Waals surface area contributed by atoms with Crippen molar-refractivity contribution in [3.63, 3.8) is 0 Å². The number of alkyl halides is 1. The molecule has 24 heavy (non-hydrogen) atoms. The lowest BCUT2D eigenvalue weighted by atomic mass is 9.93. The number of para-hydroxylation sites is 1. The van der Waals surface area contributed by atoms with E-state index in [-0.39, 0.29) is 0 Å². The molecule has 1 nitrogen and oxygen atoms in total. The second kappa shape index (κ2) is 6.01. The number of nitrogens with zero attached hydrogens (tertiary/aromatic N) is 1. The van der Waals surface area contributed by atoms with E-state index < -0.39 is 5.67 Å². The van der Waals surface area contributed by atoms with Gasteiger partial charge in [0.25, 0.3) is 0 Å². The molecule has 0 fully saturated rings. The van der Waals surface area contributed by atoms with Gasteiger partial charge in [-0.2, -0.15) is 4.57 Å². The molecule has 3 aromatic rings. The molecule has 0 aliphatic carbocycles. The number of hydrogen-bond acceptors (Lipinski definition) is 0. The number of pyridine rings is 1. The van der Waals surface area contributed by atoms with Crippen molar-refractivity contribution in [3.05, 3.63) is 65.2 Å². The Hall–Kier alpha value is -2.22. The summed E-state index contributed by atoms with van der Waals surface area (Å²) in [5, 5.41) is 1.12. The van der Waals surface area contributed by atoms with E-state index in [9.17, 15) is 4.39 Å². The molecule has 0 spiro atoms. The molecule has 0 radical (unpaired) electrons. The predicted octanol–water partition coefficient (Wildman–Crippen LogP) is 5.24. The second-order valence-electron chi connectivity index (χ2n) is 7.34. The summed E-state index contributed by atoms with van der Waals surface area (Å²) in [7, 11) is 2.09. The molecular weight excluding hydrogens is 297 g/mol. The summed E-state index contributed by atoms with van der Waals surface area (Å²) in [6, 6.07) is 16.9. The maximum Gasteiger partial charge on any atom is 0.213 e. The van der Waals surface area contributed by atoms with Gasteiger partial charge in [0.2, 0.25) is 11.2 Å². The van der Waals surface area contributed by atoms with Crippen molar-refractivity contribution in [2.45, 2.75) is 39.8 Å². The van der Waals surface area contributed by atoms with Crippen LogP contribution in [-0.2, 0) is 13.5 Å². The molecule has 1 aromatic heterocycles. The van der Waals surface area contributed by atoms with Crippen LogP contribution in [0.15, 0.2) is 48.5 Å². The number of rotatable bonds is 3. The van der Waals surface area contributed by atoms with Crippen molar-refractivity contribution in [2.75, 3.05) is 0 Å². The molecule has 0 saturated carbocycles. The van der Waals surface area contributed by atoms with Gasteiger partial charge in [-0.05, 0) is 51.0 Å². The smallest absolute Gasteiger partial charge is 0.213 e. The van der Waals surface area contributed by atoms with Gasteiger partial charge in [0.05, 0.1) is 0 Å². The fourth-order valence-corrected chi connectivity index (χ4v) is 3.38. The lowest BCUT2D eigenvalue weighted by molar-refractivity contribution is -0.633. The van der Waals surface area contributed by atoms with Crippen LogP contribution in [0.25, 0.3) is 22.2 Å². The molecule has 3 rings (SSSR count).